The van der Waals surface area contributed by atoms with Crippen LogP contribution in [0.5, 0.6) is 11.5 Å². The topological polar surface area (TPSA) is 150 Å². The van der Waals surface area contributed by atoms with Gasteiger partial charge < -0.3 is 19.5 Å². The molecule has 4 aromatic rings. The number of benzene rings is 3. The van der Waals surface area contributed by atoms with Gasteiger partial charge in [0.15, 0.2) is 11.2 Å². The van der Waals surface area contributed by atoms with E-state index in [0.717, 1.165) is 40.5 Å². The zero-order valence-corrected chi connectivity index (χ0v) is 26.2. The van der Waals surface area contributed by atoms with Crippen LogP contribution in [-0.2, 0) is 20.4 Å². The van der Waals surface area contributed by atoms with Crippen molar-refractivity contribution in [3.63, 3.8) is 0 Å². The third kappa shape index (κ3) is 9.04. The maximum atomic E-state index is 12.8. The van der Waals surface area contributed by atoms with Gasteiger partial charge in [-0.05, 0) is 50.2 Å². The standard InChI is InChI=1S/C19H15ClF3NO7.C10H11N3OS/c1-3-29-17(25)10(2)30-18(26)13-9-12(5-6-15(13)24(27)28)31-16-7-4-11(8-14(16)20)19(21,22)23;1-11-9(14)13(2)10-12-7-5-3-4-6-8(7)15-10/h4-10H,3H2,1-2H3;3-6H,1-2H3,(H,11,14). The van der Waals surface area contributed by atoms with Crippen molar-refractivity contribution < 1.29 is 46.7 Å². The second-order valence-electron chi connectivity index (χ2n) is 9.06. The number of nitro benzene ring substituents is 1. The van der Waals surface area contributed by atoms with Gasteiger partial charge in [-0.15, -0.1) is 0 Å². The van der Waals surface area contributed by atoms with Crippen LogP contribution in [0, 0.1) is 10.1 Å². The van der Waals surface area contributed by atoms with Crippen molar-refractivity contribution in [3.8, 4) is 11.5 Å². The van der Waals surface area contributed by atoms with Crippen molar-refractivity contribution in [1.82, 2.24) is 10.3 Å². The molecule has 1 heterocycles. The second kappa shape index (κ2) is 15.4. The van der Waals surface area contributed by atoms with Gasteiger partial charge in [0.25, 0.3) is 5.69 Å². The molecule has 1 atom stereocenters. The molecular formula is C29H26ClF3N4O8S. The summed E-state index contributed by atoms with van der Waals surface area (Å²) in [7, 11) is 3.31. The Balaban J connectivity index is 0.000000318. The van der Waals surface area contributed by atoms with E-state index >= 15 is 0 Å². The van der Waals surface area contributed by atoms with Gasteiger partial charge in [-0.3, -0.25) is 15.0 Å². The first kappa shape index (κ1) is 35.5. The Labute approximate surface area is 268 Å². The molecule has 0 aliphatic carbocycles. The Morgan fingerprint density at radius 3 is 2.41 bits per heavy atom. The molecule has 1 N–H and O–H groups in total. The summed E-state index contributed by atoms with van der Waals surface area (Å²) in [5.41, 5.74) is -1.24. The third-order valence-corrected chi connectivity index (χ3v) is 7.27. The first-order valence-corrected chi connectivity index (χ1v) is 14.4. The van der Waals surface area contributed by atoms with Crippen LogP contribution in [-0.4, -0.2) is 54.7 Å². The van der Waals surface area contributed by atoms with E-state index in [9.17, 15) is 37.7 Å². The summed E-state index contributed by atoms with van der Waals surface area (Å²) in [6.07, 6.45) is -5.94. The third-order valence-electron chi connectivity index (χ3n) is 5.86. The van der Waals surface area contributed by atoms with Crippen LogP contribution in [0.25, 0.3) is 10.2 Å². The van der Waals surface area contributed by atoms with Gasteiger partial charge in [-0.2, -0.15) is 13.2 Å². The van der Waals surface area contributed by atoms with E-state index in [1.807, 2.05) is 24.3 Å². The maximum Gasteiger partial charge on any atom is 0.416 e. The summed E-state index contributed by atoms with van der Waals surface area (Å²) in [6.45, 7) is 2.81. The molecule has 244 valence electrons. The Hall–Kier alpha value is -4.96. The molecule has 0 fully saturated rings. The minimum atomic E-state index is -4.61. The van der Waals surface area contributed by atoms with Gasteiger partial charge >= 0.3 is 24.1 Å². The number of ether oxygens (including phenoxy) is 3. The fourth-order valence-corrected chi connectivity index (χ4v) is 4.72. The van der Waals surface area contributed by atoms with Gasteiger partial charge in [0.05, 0.1) is 32.3 Å². The number of urea groups is 1. The zero-order chi connectivity index (χ0) is 34.2. The highest BCUT2D eigenvalue weighted by Gasteiger charge is 2.31. The number of alkyl halides is 3. The van der Waals surface area contributed by atoms with Crippen molar-refractivity contribution in [2.75, 3.05) is 25.6 Å². The van der Waals surface area contributed by atoms with Gasteiger partial charge in [-0.25, -0.2) is 19.4 Å². The molecule has 3 aromatic carbocycles. The van der Waals surface area contributed by atoms with Crippen LogP contribution < -0.4 is 15.0 Å². The van der Waals surface area contributed by atoms with Gasteiger partial charge in [0, 0.05) is 26.2 Å². The number of anilines is 1. The number of rotatable bonds is 8. The molecule has 0 bridgehead atoms. The maximum absolute atomic E-state index is 12.8. The number of hydrogen-bond donors (Lipinski definition) is 1. The van der Waals surface area contributed by atoms with Crippen LogP contribution in [0.1, 0.15) is 29.8 Å². The number of amides is 2. The lowest BCUT2D eigenvalue weighted by molar-refractivity contribution is -0.385. The van der Waals surface area contributed by atoms with Crippen LogP contribution in [0.4, 0.5) is 28.8 Å². The predicted molar refractivity (Wildman–Crippen MR) is 164 cm³/mol. The average Bonchev–Trinajstić information content (AvgIpc) is 3.45. The number of nitrogens with zero attached hydrogens (tertiary/aromatic N) is 3. The van der Waals surface area contributed by atoms with E-state index in [4.69, 9.17) is 25.8 Å². The molecule has 1 unspecified atom stereocenters. The number of para-hydroxylation sites is 1. The smallest absolute Gasteiger partial charge is 0.416 e. The lowest BCUT2D eigenvalue weighted by Gasteiger charge is -2.13. The van der Waals surface area contributed by atoms with Crippen molar-refractivity contribution >= 4 is 61.9 Å². The molecule has 2 amide bonds. The number of fused-ring (bicyclic) bond motifs is 1. The lowest BCUT2D eigenvalue weighted by atomic mass is 10.1. The quantitative estimate of drug-likeness (QED) is 0.115. The summed E-state index contributed by atoms with van der Waals surface area (Å²) in [6, 6.07) is 13.0. The summed E-state index contributed by atoms with van der Waals surface area (Å²) in [5.74, 6) is -2.36. The summed E-state index contributed by atoms with van der Waals surface area (Å²) < 4.78 is 54.3. The number of thiazole rings is 1. The van der Waals surface area contributed by atoms with E-state index in [1.165, 1.54) is 23.2 Å². The molecule has 0 spiro atoms. The number of esters is 2. The summed E-state index contributed by atoms with van der Waals surface area (Å²) >= 11 is 7.33. The molecule has 17 heteroatoms. The fraction of sp³-hybridized carbons (Fsp3) is 0.241. The number of hydrogen-bond acceptors (Lipinski definition) is 10. The first-order chi connectivity index (χ1) is 21.7. The highest BCUT2D eigenvalue weighted by molar-refractivity contribution is 7.22. The molecule has 4 rings (SSSR count). The van der Waals surface area contributed by atoms with Crippen molar-refractivity contribution in [2.24, 2.45) is 0 Å². The first-order valence-electron chi connectivity index (χ1n) is 13.2. The molecule has 0 aliphatic heterocycles. The van der Waals surface area contributed by atoms with E-state index < -0.39 is 46.0 Å². The van der Waals surface area contributed by atoms with E-state index in [2.05, 4.69) is 10.3 Å². The van der Waals surface area contributed by atoms with Crippen molar-refractivity contribution in [1.29, 1.82) is 0 Å². The Morgan fingerprint density at radius 2 is 1.83 bits per heavy atom. The van der Waals surface area contributed by atoms with E-state index in [0.29, 0.717) is 11.2 Å². The normalized spacial score (nSPS) is 11.5. The van der Waals surface area contributed by atoms with Crippen molar-refractivity contribution in [3.05, 3.63) is 86.9 Å². The van der Waals surface area contributed by atoms with Crippen LogP contribution >= 0.6 is 22.9 Å². The fourth-order valence-electron chi connectivity index (χ4n) is 3.58. The van der Waals surface area contributed by atoms with Gasteiger partial charge in [0.1, 0.15) is 17.1 Å². The van der Waals surface area contributed by atoms with E-state index in [1.54, 1.807) is 21.0 Å². The van der Waals surface area contributed by atoms with Crippen LogP contribution in [0.2, 0.25) is 5.02 Å². The molecule has 0 saturated carbocycles. The molecule has 0 aliphatic rings. The van der Waals surface area contributed by atoms with Crippen molar-refractivity contribution in [2.45, 2.75) is 26.1 Å². The monoisotopic (exact) mass is 682 g/mol. The number of carbonyl (C=O) groups excluding carboxylic acids is 3. The van der Waals surface area contributed by atoms with Gasteiger partial charge in [-0.1, -0.05) is 35.1 Å². The van der Waals surface area contributed by atoms with Crippen LogP contribution in [0.15, 0.2) is 60.7 Å². The molecule has 12 nitrogen and oxygen atoms in total. The number of aromatic nitrogens is 1. The zero-order valence-electron chi connectivity index (χ0n) is 24.6. The number of nitro groups is 1. The van der Waals surface area contributed by atoms with E-state index in [-0.39, 0.29) is 29.2 Å². The SMILES string of the molecule is CCOC(=O)C(C)OC(=O)c1cc(Oc2ccc(C(F)(F)F)cc2Cl)ccc1[N+](=O)[O-].CNC(=O)N(C)c1nc2ccccc2s1. The molecule has 46 heavy (non-hydrogen) atoms. The molecule has 0 saturated heterocycles. The number of nitrogens with one attached hydrogen (secondary N) is 1. The van der Waals surface area contributed by atoms with Gasteiger partial charge in [0.2, 0.25) is 0 Å². The Kier molecular flexibility index (Phi) is 11.9. The molecule has 0 radical (unpaired) electrons. The molecule has 1 aromatic heterocycles. The highest BCUT2D eigenvalue weighted by Crippen LogP contribution is 2.37. The number of carbonyl (C=O) groups is 3. The minimum absolute atomic E-state index is 0.0398. The second-order valence-corrected chi connectivity index (χ2v) is 10.5. The molecular weight excluding hydrogens is 657 g/mol. The lowest BCUT2D eigenvalue weighted by Crippen LogP contribution is -2.34. The number of halogens is 4. The predicted octanol–water partition coefficient (Wildman–Crippen LogP) is 7.24. The van der Waals surface area contributed by atoms with Crippen LogP contribution in [0.3, 0.4) is 0 Å². The largest absolute Gasteiger partial charge is 0.463 e. The minimum Gasteiger partial charge on any atom is -0.463 e. The Morgan fingerprint density at radius 1 is 1.13 bits per heavy atom. The Bertz CT molecular complexity index is 1720. The summed E-state index contributed by atoms with van der Waals surface area (Å²) in [5, 5.41) is 14.1. The average molecular weight is 683 g/mol. The summed E-state index contributed by atoms with van der Waals surface area (Å²) in [4.78, 5) is 51.6. The highest BCUT2D eigenvalue weighted by atomic mass is 35.5.